The fourth-order valence-corrected chi connectivity index (χ4v) is 9.27. The zero-order chi connectivity index (χ0) is 42.1. The fraction of sp³-hybridized carbons (Fsp3) is 0.0517. The van der Waals surface area contributed by atoms with Crippen LogP contribution in [0.5, 0.6) is 0 Å². The van der Waals surface area contributed by atoms with Crippen LogP contribution in [0.3, 0.4) is 0 Å². The van der Waals surface area contributed by atoms with Gasteiger partial charge in [0, 0.05) is 50.6 Å². The molecule has 11 rings (SSSR count). The van der Waals surface area contributed by atoms with Crippen molar-refractivity contribution in [3.8, 4) is 27.9 Å². The van der Waals surface area contributed by atoms with Crippen LogP contribution in [0.15, 0.2) is 239 Å². The standard InChI is InChI=1S/C58H43N5/c1-59-57(41-19-7-3-8-20-41)61-58(60-39-40-17-5-2-6-18-40)46-23-15-21-42(35-46)44-32-34-55-52(37-44)50-28-12-14-30-54(50)63(55)48-26-16-22-43(36-48)45-31-33-51-49-27-11-13-29-53(49)62(56(51)38-45)47-24-9-4-10-25-47/h2-27,29-38,50H,1,28,39H2/b60-58-,61-57-. The van der Waals surface area contributed by atoms with E-state index in [1.54, 1.807) is 0 Å². The van der Waals surface area contributed by atoms with E-state index in [2.05, 4.69) is 191 Å². The Morgan fingerprint density at radius 3 is 2.02 bits per heavy atom. The predicted molar refractivity (Wildman–Crippen MR) is 264 cm³/mol. The molecule has 9 aromatic rings. The second kappa shape index (κ2) is 16.4. The SMILES string of the molecule is C=N/C(=N\C(=N/Cc1ccccc1)c1cccc(-c2ccc3c(c2)C2CC=CC=C2N3c2cccc(-c3ccc4c5ccccc5n(-c5ccccc5)c4c3)c2)c1)c1ccccc1. The topological polar surface area (TPSA) is 45.2 Å². The van der Waals surface area contributed by atoms with Gasteiger partial charge in [0.25, 0.3) is 0 Å². The highest BCUT2D eigenvalue weighted by molar-refractivity contribution is 6.13. The number of nitrogens with zero attached hydrogens (tertiary/aromatic N) is 5. The molecule has 63 heavy (non-hydrogen) atoms. The number of anilines is 2. The first kappa shape index (κ1) is 37.8. The molecule has 0 amide bonds. The van der Waals surface area contributed by atoms with Crippen LogP contribution in [0.4, 0.5) is 11.4 Å². The Morgan fingerprint density at radius 1 is 0.540 bits per heavy atom. The Bertz CT molecular complexity index is 3300. The van der Waals surface area contributed by atoms with E-state index < -0.39 is 0 Å². The van der Waals surface area contributed by atoms with Crippen molar-refractivity contribution < 1.29 is 0 Å². The van der Waals surface area contributed by atoms with Gasteiger partial charge in [-0.1, -0.05) is 158 Å². The smallest absolute Gasteiger partial charge is 0.161 e. The molecular formula is C58H43N5. The minimum absolute atomic E-state index is 0.245. The summed E-state index contributed by atoms with van der Waals surface area (Å²) in [6.45, 7) is 4.36. The van der Waals surface area contributed by atoms with Crippen molar-refractivity contribution in [1.29, 1.82) is 0 Å². The maximum absolute atomic E-state index is 5.06. The molecule has 0 bridgehead atoms. The van der Waals surface area contributed by atoms with Gasteiger partial charge >= 0.3 is 0 Å². The van der Waals surface area contributed by atoms with Gasteiger partial charge in [-0.2, -0.15) is 0 Å². The lowest BCUT2D eigenvalue weighted by atomic mass is 9.90. The van der Waals surface area contributed by atoms with Crippen LogP contribution in [0, 0.1) is 0 Å². The number of aromatic nitrogens is 1. The molecule has 0 N–H and O–H groups in total. The molecule has 8 aromatic carbocycles. The third-order valence-corrected chi connectivity index (χ3v) is 12.3. The number of hydrogen-bond acceptors (Lipinski definition) is 2. The van der Waals surface area contributed by atoms with Gasteiger partial charge in [0.1, 0.15) is 0 Å². The van der Waals surface area contributed by atoms with E-state index in [0.717, 1.165) is 45.6 Å². The summed E-state index contributed by atoms with van der Waals surface area (Å²) in [4.78, 5) is 16.9. The third kappa shape index (κ3) is 7.09. The van der Waals surface area contributed by atoms with Crippen LogP contribution >= 0.6 is 0 Å². The lowest BCUT2D eigenvalue weighted by molar-refractivity contribution is 0.820. The first-order chi connectivity index (χ1) is 31.2. The van der Waals surface area contributed by atoms with E-state index in [9.17, 15) is 0 Å². The zero-order valence-corrected chi connectivity index (χ0v) is 34.7. The van der Waals surface area contributed by atoms with Gasteiger partial charge in [0.15, 0.2) is 11.7 Å². The number of allylic oxidation sites excluding steroid dienone is 4. The molecule has 2 aliphatic rings. The van der Waals surface area contributed by atoms with E-state index in [4.69, 9.17) is 9.98 Å². The van der Waals surface area contributed by atoms with E-state index >= 15 is 0 Å². The molecule has 300 valence electrons. The summed E-state index contributed by atoms with van der Waals surface area (Å²) in [5, 5.41) is 2.51. The molecule has 0 spiro atoms. The average Bonchev–Trinajstić information content (AvgIpc) is 3.87. The second-order valence-corrected chi connectivity index (χ2v) is 16.1. The van der Waals surface area contributed by atoms with Crippen molar-refractivity contribution in [2.75, 3.05) is 4.90 Å². The van der Waals surface area contributed by atoms with Gasteiger partial charge < -0.3 is 9.47 Å². The number of aliphatic imine (C=N–C) groups is 3. The van der Waals surface area contributed by atoms with Crippen molar-refractivity contribution in [1.82, 2.24) is 4.57 Å². The number of para-hydroxylation sites is 2. The largest absolute Gasteiger partial charge is 0.313 e. The highest BCUT2D eigenvalue weighted by atomic mass is 15.2. The number of hydrogen-bond donors (Lipinski definition) is 0. The molecule has 1 aromatic heterocycles. The first-order valence-corrected chi connectivity index (χ1v) is 21.5. The summed E-state index contributed by atoms with van der Waals surface area (Å²) >= 11 is 0. The van der Waals surface area contributed by atoms with Gasteiger partial charge in [0.2, 0.25) is 0 Å². The molecule has 1 aliphatic heterocycles. The lowest BCUT2D eigenvalue weighted by Gasteiger charge is -2.25. The summed E-state index contributed by atoms with van der Waals surface area (Å²) in [5.74, 6) is 1.40. The van der Waals surface area contributed by atoms with Crippen molar-refractivity contribution in [2.24, 2.45) is 15.0 Å². The Balaban J connectivity index is 0.961. The maximum Gasteiger partial charge on any atom is 0.161 e. The molecular weight excluding hydrogens is 767 g/mol. The molecule has 5 heteroatoms. The maximum atomic E-state index is 5.06. The fourth-order valence-electron chi connectivity index (χ4n) is 9.27. The van der Waals surface area contributed by atoms with Gasteiger partial charge in [-0.05, 0) is 107 Å². The van der Waals surface area contributed by atoms with Gasteiger partial charge in [-0.3, -0.25) is 4.99 Å². The molecule has 5 nitrogen and oxygen atoms in total. The normalized spacial score (nSPS) is 14.8. The van der Waals surface area contributed by atoms with Crippen LogP contribution in [0.2, 0.25) is 0 Å². The number of benzene rings is 8. The van der Waals surface area contributed by atoms with E-state index in [0.29, 0.717) is 18.2 Å². The number of rotatable bonds is 8. The highest BCUT2D eigenvalue weighted by Crippen LogP contribution is 2.52. The summed E-state index contributed by atoms with van der Waals surface area (Å²) in [5.41, 5.74) is 16.1. The van der Waals surface area contributed by atoms with E-state index in [1.165, 1.54) is 49.9 Å². The van der Waals surface area contributed by atoms with E-state index in [-0.39, 0.29) is 5.92 Å². The Morgan fingerprint density at radius 2 is 1.19 bits per heavy atom. The highest BCUT2D eigenvalue weighted by Gasteiger charge is 2.35. The molecule has 1 aliphatic carbocycles. The van der Waals surface area contributed by atoms with Crippen LogP contribution in [-0.2, 0) is 6.54 Å². The quantitative estimate of drug-likeness (QED) is 0.111. The Kier molecular flexibility index (Phi) is 9.83. The van der Waals surface area contributed by atoms with Crippen LogP contribution in [0.25, 0.3) is 49.7 Å². The minimum Gasteiger partial charge on any atom is -0.313 e. The number of fused-ring (bicyclic) bond motifs is 6. The first-order valence-electron chi connectivity index (χ1n) is 21.5. The van der Waals surface area contributed by atoms with Crippen molar-refractivity contribution in [3.63, 3.8) is 0 Å². The van der Waals surface area contributed by atoms with Crippen LogP contribution in [0.1, 0.15) is 34.6 Å². The van der Waals surface area contributed by atoms with Gasteiger partial charge in [-0.15, -0.1) is 0 Å². The molecule has 0 saturated heterocycles. The average molecular weight is 810 g/mol. The van der Waals surface area contributed by atoms with Crippen molar-refractivity contribution in [2.45, 2.75) is 18.9 Å². The predicted octanol–water partition coefficient (Wildman–Crippen LogP) is 14.3. The summed E-state index contributed by atoms with van der Waals surface area (Å²) in [7, 11) is 0. The van der Waals surface area contributed by atoms with Gasteiger partial charge in [0.05, 0.1) is 17.6 Å². The molecule has 0 saturated carbocycles. The van der Waals surface area contributed by atoms with Gasteiger partial charge in [-0.25, -0.2) is 9.98 Å². The van der Waals surface area contributed by atoms with Crippen molar-refractivity contribution >= 4 is 51.6 Å². The van der Waals surface area contributed by atoms with Crippen LogP contribution < -0.4 is 4.90 Å². The third-order valence-electron chi connectivity index (χ3n) is 12.3. The summed E-state index contributed by atoms with van der Waals surface area (Å²) in [6, 6.07) is 71.0. The lowest BCUT2D eigenvalue weighted by Crippen LogP contribution is -2.14. The summed E-state index contributed by atoms with van der Waals surface area (Å²) < 4.78 is 2.39. The Hall–Kier alpha value is -8.15. The zero-order valence-electron chi connectivity index (χ0n) is 34.7. The summed E-state index contributed by atoms with van der Waals surface area (Å²) in [6.07, 6.45) is 7.73. The number of amidine groups is 2. The Labute approximate surface area is 367 Å². The molecule has 1 atom stereocenters. The second-order valence-electron chi connectivity index (χ2n) is 16.1. The monoisotopic (exact) mass is 809 g/mol. The molecule has 0 radical (unpaired) electrons. The molecule has 0 fully saturated rings. The minimum atomic E-state index is 0.245. The molecule has 1 unspecified atom stereocenters. The molecule has 2 heterocycles. The van der Waals surface area contributed by atoms with E-state index in [1.807, 2.05) is 48.5 Å². The van der Waals surface area contributed by atoms with Crippen LogP contribution in [-0.4, -0.2) is 23.0 Å². The van der Waals surface area contributed by atoms with Crippen molar-refractivity contribution in [3.05, 3.63) is 246 Å².